The molecule has 30 heavy (non-hydrogen) atoms. The fourth-order valence-corrected chi connectivity index (χ4v) is 3.36. The van der Waals surface area contributed by atoms with Gasteiger partial charge in [0.05, 0.1) is 11.3 Å². The summed E-state index contributed by atoms with van der Waals surface area (Å²) in [6.07, 6.45) is 4.55. The third kappa shape index (κ3) is 4.87. The minimum absolute atomic E-state index is 0.435. The molecule has 0 saturated carbocycles. The normalized spacial score (nSPS) is 10.8. The van der Waals surface area contributed by atoms with E-state index in [1.807, 2.05) is 24.3 Å². The summed E-state index contributed by atoms with van der Waals surface area (Å²) < 4.78 is 11.4. The molecular weight excluding hydrogens is 374 g/mol. The highest BCUT2D eigenvalue weighted by molar-refractivity contribution is 5.69. The first kappa shape index (κ1) is 19.7. The van der Waals surface area contributed by atoms with Crippen molar-refractivity contribution in [3.63, 3.8) is 0 Å². The Labute approximate surface area is 176 Å². The Morgan fingerprint density at radius 1 is 0.933 bits per heavy atom. The zero-order chi connectivity index (χ0) is 20.8. The lowest BCUT2D eigenvalue weighted by atomic mass is 10.1. The molecule has 4 aromatic rings. The molecule has 0 fully saturated rings. The number of hydrogen-bond donors (Lipinski definition) is 1. The van der Waals surface area contributed by atoms with Crippen LogP contribution >= 0.6 is 0 Å². The maximum Gasteiger partial charge on any atom is 0.170 e. The van der Waals surface area contributed by atoms with Gasteiger partial charge in [-0.15, -0.1) is 0 Å². The molecule has 0 aliphatic heterocycles. The van der Waals surface area contributed by atoms with E-state index in [-0.39, 0.29) is 0 Å². The van der Waals surface area contributed by atoms with E-state index in [1.54, 1.807) is 6.20 Å². The van der Waals surface area contributed by atoms with Crippen molar-refractivity contribution in [2.24, 2.45) is 0 Å². The minimum atomic E-state index is 0.435. The molecule has 0 saturated heterocycles. The van der Waals surface area contributed by atoms with Crippen molar-refractivity contribution in [2.75, 3.05) is 5.73 Å². The van der Waals surface area contributed by atoms with Gasteiger partial charge < -0.3 is 15.0 Å². The summed E-state index contributed by atoms with van der Waals surface area (Å²) in [6, 6.07) is 22.3. The van der Waals surface area contributed by atoms with E-state index in [1.165, 1.54) is 5.56 Å². The zero-order valence-corrected chi connectivity index (χ0v) is 17.0. The van der Waals surface area contributed by atoms with Gasteiger partial charge in [-0.25, -0.2) is 4.98 Å². The summed E-state index contributed by atoms with van der Waals surface area (Å²) >= 11 is 0. The lowest BCUT2D eigenvalue weighted by Gasteiger charge is -2.08. The standard InChI is InChI=1S/C25H25N3O2/c1-2-5-18-6-3-7-22(15-18)29-17-20-11-9-19(10-12-20)14-21-16-24(30-28-21)23-8-4-13-27-25(23)26/h3-4,6-13,15-16H,2,5,14,17H2,1H3,(H2,26,27). The first-order valence-corrected chi connectivity index (χ1v) is 10.2. The van der Waals surface area contributed by atoms with Crippen molar-refractivity contribution in [1.82, 2.24) is 10.1 Å². The van der Waals surface area contributed by atoms with Crippen LogP contribution in [0.15, 0.2) is 77.4 Å². The molecule has 2 aromatic carbocycles. The number of rotatable bonds is 8. The average molecular weight is 399 g/mol. The van der Waals surface area contributed by atoms with Gasteiger partial charge in [0.25, 0.3) is 0 Å². The third-order valence-corrected chi connectivity index (χ3v) is 4.91. The van der Waals surface area contributed by atoms with E-state index in [4.69, 9.17) is 15.0 Å². The summed E-state index contributed by atoms with van der Waals surface area (Å²) in [6.45, 7) is 2.73. The number of pyridine rings is 1. The van der Waals surface area contributed by atoms with Crippen molar-refractivity contribution in [3.8, 4) is 17.1 Å². The Hall–Kier alpha value is -3.60. The number of nitrogens with two attached hydrogens (primary N) is 1. The predicted octanol–water partition coefficient (Wildman–Crippen LogP) is 5.44. The molecule has 0 radical (unpaired) electrons. The Bertz CT molecular complexity index is 1100. The highest BCUT2D eigenvalue weighted by atomic mass is 16.5. The molecule has 0 amide bonds. The van der Waals surface area contributed by atoms with Gasteiger partial charge in [-0.3, -0.25) is 0 Å². The summed E-state index contributed by atoms with van der Waals surface area (Å²) in [5, 5.41) is 4.17. The van der Waals surface area contributed by atoms with Gasteiger partial charge in [-0.05, 0) is 47.4 Å². The number of nitrogen functional groups attached to an aromatic ring is 1. The number of hydrogen-bond acceptors (Lipinski definition) is 5. The van der Waals surface area contributed by atoms with Crippen molar-refractivity contribution in [2.45, 2.75) is 32.8 Å². The Balaban J connectivity index is 1.36. The molecule has 5 nitrogen and oxygen atoms in total. The quantitative estimate of drug-likeness (QED) is 0.427. The van der Waals surface area contributed by atoms with Crippen LogP contribution < -0.4 is 10.5 Å². The molecule has 2 N–H and O–H groups in total. The van der Waals surface area contributed by atoms with Crippen molar-refractivity contribution in [3.05, 3.63) is 95.3 Å². The lowest BCUT2D eigenvalue weighted by molar-refractivity contribution is 0.306. The fraction of sp³-hybridized carbons (Fsp3) is 0.200. The van der Waals surface area contributed by atoms with Crippen LogP contribution in [0.25, 0.3) is 11.3 Å². The molecular formula is C25H25N3O2. The molecule has 0 spiro atoms. The van der Waals surface area contributed by atoms with E-state index < -0.39 is 0 Å². The van der Waals surface area contributed by atoms with Gasteiger partial charge in [0.2, 0.25) is 0 Å². The topological polar surface area (TPSA) is 74.2 Å². The average Bonchev–Trinajstić information content (AvgIpc) is 3.22. The maximum absolute atomic E-state index is 5.96. The van der Waals surface area contributed by atoms with Crippen LogP contribution in [0.1, 0.15) is 35.7 Å². The zero-order valence-electron chi connectivity index (χ0n) is 17.0. The highest BCUT2D eigenvalue weighted by Gasteiger charge is 2.10. The van der Waals surface area contributed by atoms with Crippen LogP contribution in [0.4, 0.5) is 5.82 Å². The van der Waals surface area contributed by atoms with Gasteiger partial charge in [0.15, 0.2) is 5.76 Å². The second-order valence-corrected chi connectivity index (χ2v) is 7.30. The molecule has 4 rings (SSSR count). The second kappa shape index (κ2) is 9.27. The second-order valence-electron chi connectivity index (χ2n) is 7.30. The van der Waals surface area contributed by atoms with Crippen molar-refractivity contribution >= 4 is 5.82 Å². The van der Waals surface area contributed by atoms with Crippen LogP contribution in [0.2, 0.25) is 0 Å². The number of benzene rings is 2. The van der Waals surface area contributed by atoms with Gasteiger partial charge in [-0.1, -0.05) is 54.9 Å². The van der Waals surface area contributed by atoms with Gasteiger partial charge in [0, 0.05) is 18.7 Å². The maximum atomic E-state index is 5.96. The molecule has 2 aromatic heterocycles. The van der Waals surface area contributed by atoms with Gasteiger partial charge in [0.1, 0.15) is 18.2 Å². The summed E-state index contributed by atoms with van der Waals surface area (Å²) in [5.41, 5.74) is 11.1. The van der Waals surface area contributed by atoms with Gasteiger partial charge in [-0.2, -0.15) is 0 Å². The van der Waals surface area contributed by atoms with Crippen LogP contribution in [-0.2, 0) is 19.4 Å². The van der Waals surface area contributed by atoms with E-state index in [9.17, 15) is 0 Å². The molecule has 0 aliphatic rings. The first-order valence-electron chi connectivity index (χ1n) is 10.2. The number of anilines is 1. The van der Waals surface area contributed by atoms with Crippen LogP contribution in [-0.4, -0.2) is 10.1 Å². The van der Waals surface area contributed by atoms with E-state index in [0.717, 1.165) is 41.0 Å². The smallest absolute Gasteiger partial charge is 0.170 e. The number of nitrogens with zero attached hydrogens (tertiary/aromatic N) is 2. The van der Waals surface area contributed by atoms with Crippen molar-refractivity contribution in [1.29, 1.82) is 0 Å². The first-order chi connectivity index (χ1) is 14.7. The largest absolute Gasteiger partial charge is 0.489 e. The third-order valence-electron chi connectivity index (χ3n) is 4.91. The molecule has 0 unspecified atom stereocenters. The Morgan fingerprint density at radius 3 is 2.57 bits per heavy atom. The molecule has 152 valence electrons. The molecule has 0 bridgehead atoms. The van der Waals surface area contributed by atoms with E-state index in [2.05, 4.69) is 59.5 Å². The Kier molecular flexibility index (Phi) is 6.09. The predicted molar refractivity (Wildman–Crippen MR) is 118 cm³/mol. The van der Waals surface area contributed by atoms with Crippen LogP contribution in [0.3, 0.4) is 0 Å². The van der Waals surface area contributed by atoms with E-state index >= 15 is 0 Å². The Morgan fingerprint density at radius 2 is 1.77 bits per heavy atom. The van der Waals surface area contributed by atoms with Crippen LogP contribution in [0, 0.1) is 0 Å². The summed E-state index contributed by atoms with van der Waals surface area (Å²) in [7, 11) is 0. The van der Waals surface area contributed by atoms with Crippen molar-refractivity contribution < 1.29 is 9.26 Å². The summed E-state index contributed by atoms with van der Waals surface area (Å²) in [4.78, 5) is 4.09. The molecule has 0 atom stereocenters. The molecule has 0 aliphatic carbocycles. The number of ether oxygens (including phenoxy) is 1. The minimum Gasteiger partial charge on any atom is -0.489 e. The lowest BCUT2D eigenvalue weighted by Crippen LogP contribution is -1.97. The van der Waals surface area contributed by atoms with Gasteiger partial charge >= 0.3 is 0 Å². The fourth-order valence-electron chi connectivity index (χ4n) is 3.36. The number of aryl methyl sites for hydroxylation is 1. The summed E-state index contributed by atoms with van der Waals surface area (Å²) in [5.74, 6) is 1.98. The SMILES string of the molecule is CCCc1cccc(OCc2ccc(Cc3cc(-c4cccnc4N)on3)cc2)c1. The highest BCUT2D eigenvalue weighted by Crippen LogP contribution is 2.25. The number of aromatic nitrogens is 2. The van der Waals surface area contributed by atoms with Crippen LogP contribution in [0.5, 0.6) is 5.75 Å². The molecule has 5 heteroatoms. The molecule has 2 heterocycles. The monoisotopic (exact) mass is 399 g/mol. The van der Waals surface area contributed by atoms with E-state index in [0.29, 0.717) is 24.6 Å².